The Balaban J connectivity index is 1.70. The molecule has 0 aliphatic carbocycles. The number of benzene rings is 1. The molecule has 0 aliphatic heterocycles. The molecule has 0 radical (unpaired) electrons. The highest BCUT2D eigenvalue weighted by Gasteiger charge is 2.22. The standard InChI is InChI=1S/C31H43BrN2O2/c1-5-8-14-26-24(4)28-15-11-12-21-34(28)30(26)31(35)25-16-17-29(27(32)23-25)36-22-13-20-33(18-9-6-2)19-10-7-3/h11-12,15-17,21,23H,5-10,13-14,18-20,22H2,1-4H3. The summed E-state index contributed by atoms with van der Waals surface area (Å²) in [7, 11) is 0. The smallest absolute Gasteiger partial charge is 0.210 e. The number of halogens is 1. The number of hydrogen-bond donors (Lipinski definition) is 0. The van der Waals surface area contributed by atoms with Crippen molar-refractivity contribution in [1.82, 2.24) is 9.30 Å². The second-order valence-corrected chi connectivity index (χ2v) is 10.6. The van der Waals surface area contributed by atoms with Crippen molar-refractivity contribution in [2.75, 3.05) is 26.2 Å². The van der Waals surface area contributed by atoms with Crippen LogP contribution in [-0.2, 0) is 6.42 Å². The number of carbonyl (C=O) groups excluding carboxylic acids is 1. The second kappa shape index (κ2) is 14.6. The van der Waals surface area contributed by atoms with Crippen molar-refractivity contribution >= 4 is 27.2 Å². The molecule has 1 aromatic carbocycles. The van der Waals surface area contributed by atoms with Crippen LogP contribution >= 0.6 is 15.9 Å². The summed E-state index contributed by atoms with van der Waals surface area (Å²) in [6.07, 6.45) is 11.1. The molecular formula is C31H43BrN2O2. The number of pyridine rings is 1. The lowest BCUT2D eigenvalue weighted by Crippen LogP contribution is -2.28. The third kappa shape index (κ3) is 7.23. The van der Waals surface area contributed by atoms with Crippen LogP contribution in [0.5, 0.6) is 5.75 Å². The fourth-order valence-corrected chi connectivity index (χ4v) is 5.29. The van der Waals surface area contributed by atoms with Crippen molar-refractivity contribution in [3.63, 3.8) is 0 Å². The zero-order valence-corrected chi connectivity index (χ0v) is 24.2. The Kier molecular flexibility index (Phi) is 11.5. The van der Waals surface area contributed by atoms with Gasteiger partial charge < -0.3 is 14.0 Å². The van der Waals surface area contributed by atoms with E-state index in [4.69, 9.17) is 4.74 Å². The van der Waals surface area contributed by atoms with Crippen LogP contribution in [0, 0.1) is 6.92 Å². The van der Waals surface area contributed by atoms with Crippen LogP contribution < -0.4 is 4.74 Å². The molecule has 2 heterocycles. The number of hydrogen-bond acceptors (Lipinski definition) is 3. The van der Waals surface area contributed by atoms with Gasteiger partial charge in [-0.15, -0.1) is 0 Å². The quantitative estimate of drug-likeness (QED) is 0.132. The van der Waals surface area contributed by atoms with Crippen LogP contribution in [0.3, 0.4) is 0 Å². The molecule has 0 atom stereocenters. The fourth-order valence-electron chi connectivity index (χ4n) is 4.79. The van der Waals surface area contributed by atoms with E-state index in [1.165, 1.54) is 49.9 Å². The SMILES string of the molecule is CCCCc1c(C)c2ccccn2c1C(=O)c1ccc(OCCCN(CCCC)CCCC)c(Br)c1. The predicted molar refractivity (Wildman–Crippen MR) is 155 cm³/mol. The molecule has 5 heteroatoms. The number of nitrogens with zero attached hydrogens (tertiary/aromatic N) is 2. The third-order valence-corrected chi connectivity index (χ3v) is 7.56. The number of aromatic nitrogens is 1. The lowest BCUT2D eigenvalue weighted by Gasteiger charge is -2.22. The Morgan fingerprint density at radius 2 is 1.64 bits per heavy atom. The Hall–Kier alpha value is -2.11. The largest absolute Gasteiger partial charge is 0.492 e. The van der Waals surface area contributed by atoms with Crippen LogP contribution in [0.25, 0.3) is 5.52 Å². The molecule has 4 nitrogen and oxygen atoms in total. The summed E-state index contributed by atoms with van der Waals surface area (Å²) in [5.74, 6) is 0.854. The molecule has 0 N–H and O–H groups in total. The fraction of sp³-hybridized carbons (Fsp3) is 0.516. The van der Waals surface area contributed by atoms with Crippen molar-refractivity contribution in [2.24, 2.45) is 0 Å². The van der Waals surface area contributed by atoms with Gasteiger partial charge in [0.1, 0.15) is 5.75 Å². The van der Waals surface area contributed by atoms with Crippen molar-refractivity contribution < 1.29 is 9.53 Å². The van der Waals surface area contributed by atoms with E-state index in [0.717, 1.165) is 53.7 Å². The normalized spacial score (nSPS) is 11.5. The zero-order valence-electron chi connectivity index (χ0n) is 22.6. The van der Waals surface area contributed by atoms with Crippen LogP contribution in [0.15, 0.2) is 47.1 Å². The van der Waals surface area contributed by atoms with Gasteiger partial charge in [0.2, 0.25) is 5.78 Å². The van der Waals surface area contributed by atoms with E-state index in [0.29, 0.717) is 12.2 Å². The van der Waals surface area contributed by atoms with Gasteiger partial charge in [-0.25, -0.2) is 0 Å². The van der Waals surface area contributed by atoms with Gasteiger partial charge in [0.25, 0.3) is 0 Å². The molecule has 0 spiro atoms. The number of ether oxygens (including phenoxy) is 1. The monoisotopic (exact) mass is 554 g/mol. The minimum absolute atomic E-state index is 0.0603. The van der Waals surface area contributed by atoms with E-state index in [2.05, 4.69) is 59.0 Å². The van der Waals surface area contributed by atoms with Crippen molar-refractivity contribution in [3.8, 4) is 5.75 Å². The molecule has 0 bridgehead atoms. The van der Waals surface area contributed by atoms with Gasteiger partial charge in [0.05, 0.1) is 16.8 Å². The Morgan fingerprint density at radius 3 is 2.31 bits per heavy atom. The Labute approximate surface area is 226 Å². The van der Waals surface area contributed by atoms with Gasteiger partial charge in [-0.2, -0.15) is 0 Å². The van der Waals surface area contributed by atoms with Crippen LogP contribution in [0.4, 0.5) is 0 Å². The number of unbranched alkanes of at least 4 members (excludes halogenated alkanes) is 3. The molecule has 0 aliphatic rings. The predicted octanol–water partition coefficient (Wildman–Crippen LogP) is 8.25. The Morgan fingerprint density at radius 1 is 0.944 bits per heavy atom. The number of ketones is 1. The molecule has 0 saturated heterocycles. The summed E-state index contributed by atoms with van der Waals surface area (Å²) < 4.78 is 8.99. The minimum atomic E-state index is 0.0603. The van der Waals surface area contributed by atoms with Crippen LogP contribution in [0.2, 0.25) is 0 Å². The number of fused-ring (bicyclic) bond motifs is 1. The van der Waals surface area contributed by atoms with E-state index in [9.17, 15) is 4.79 Å². The molecule has 0 saturated carbocycles. The highest BCUT2D eigenvalue weighted by molar-refractivity contribution is 9.10. The summed E-state index contributed by atoms with van der Waals surface area (Å²) in [5.41, 5.74) is 4.95. The van der Waals surface area contributed by atoms with Crippen LogP contribution in [-0.4, -0.2) is 41.3 Å². The summed E-state index contributed by atoms with van der Waals surface area (Å²) in [6, 6.07) is 11.9. The first-order valence-electron chi connectivity index (χ1n) is 13.8. The van der Waals surface area contributed by atoms with E-state index >= 15 is 0 Å². The third-order valence-electron chi connectivity index (χ3n) is 6.95. The highest BCUT2D eigenvalue weighted by atomic mass is 79.9. The van der Waals surface area contributed by atoms with Gasteiger partial charge in [0.15, 0.2) is 0 Å². The average molecular weight is 556 g/mol. The van der Waals surface area contributed by atoms with Crippen molar-refractivity contribution in [1.29, 1.82) is 0 Å². The Bertz CT molecular complexity index is 1110. The molecule has 0 fully saturated rings. The molecular weight excluding hydrogens is 512 g/mol. The minimum Gasteiger partial charge on any atom is -0.492 e. The van der Waals surface area contributed by atoms with Crippen LogP contribution in [0.1, 0.15) is 92.9 Å². The van der Waals surface area contributed by atoms with Gasteiger partial charge in [0, 0.05) is 23.8 Å². The van der Waals surface area contributed by atoms with E-state index in [1.807, 2.05) is 36.5 Å². The molecule has 0 unspecified atom stereocenters. The first-order chi connectivity index (χ1) is 17.5. The van der Waals surface area contributed by atoms with Crippen molar-refractivity contribution in [2.45, 2.75) is 79.1 Å². The zero-order chi connectivity index (χ0) is 25.9. The van der Waals surface area contributed by atoms with E-state index in [-0.39, 0.29) is 5.78 Å². The topological polar surface area (TPSA) is 34.0 Å². The maximum Gasteiger partial charge on any atom is 0.210 e. The molecule has 2 aromatic heterocycles. The van der Waals surface area contributed by atoms with E-state index < -0.39 is 0 Å². The van der Waals surface area contributed by atoms with Gasteiger partial charge >= 0.3 is 0 Å². The second-order valence-electron chi connectivity index (χ2n) is 9.74. The average Bonchev–Trinajstić information content (AvgIpc) is 3.18. The maximum absolute atomic E-state index is 13.7. The van der Waals surface area contributed by atoms with Gasteiger partial charge in [-0.1, -0.05) is 46.1 Å². The summed E-state index contributed by atoms with van der Waals surface area (Å²) in [5, 5.41) is 0. The number of rotatable bonds is 16. The molecule has 3 aromatic rings. The van der Waals surface area contributed by atoms with Crippen molar-refractivity contribution in [3.05, 3.63) is 69.5 Å². The highest BCUT2D eigenvalue weighted by Crippen LogP contribution is 2.30. The molecule has 36 heavy (non-hydrogen) atoms. The lowest BCUT2D eigenvalue weighted by molar-refractivity contribution is 0.103. The molecule has 0 amide bonds. The lowest BCUT2D eigenvalue weighted by atomic mass is 9.99. The first kappa shape index (κ1) is 28.5. The molecule has 3 rings (SSSR count). The maximum atomic E-state index is 13.7. The number of carbonyl (C=O) groups is 1. The summed E-state index contributed by atoms with van der Waals surface area (Å²) >= 11 is 3.66. The number of aryl methyl sites for hydroxylation is 1. The van der Waals surface area contributed by atoms with Gasteiger partial charge in [-0.3, -0.25) is 4.79 Å². The summed E-state index contributed by atoms with van der Waals surface area (Å²) in [4.78, 5) is 16.3. The van der Waals surface area contributed by atoms with Gasteiger partial charge in [-0.05, 0) is 110 Å². The molecule has 196 valence electrons. The van der Waals surface area contributed by atoms with E-state index in [1.54, 1.807) is 0 Å². The first-order valence-corrected chi connectivity index (χ1v) is 14.6. The summed E-state index contributed by atoms with van der Waals surface area (Å²) in [6.45, 7) is 12.9.